The molecule has 5 fully saturated rings. The summed E-state index contributed by atoms with van der Waals surface area (Å²) in [5, 5.41) is 3.13. The second-order valence-electron chi connectivity index (χ2n) is 15.8. The molecule has 5 rings (SSSR count). The van der Waals surface area contributed by atoms with Crippen molar-refractivity contribution in [1.82, 2.24) is 15.1 Å². The van der Waals surface area contributed by atoms with Crippen LogP contribution in [0.25, 0.3) is 0 Å². The highest BCUT2D eigenvalue weighted by atomic mass is 17.3. The van der Waals surface area contributed by atoms with Gasteiger partial charge in [-0.25, -0.2) is 9.78 Å². The van der Waals surface area contributed by atoms with Crippen LogP contribution < -0.4 is 5.32 Å². The van der Waals surface area contributed by atoms with E-state index < -0.39 is 23.2 Å². The fourth-order valence-electron chi connectivity index (χ4n) is 8.41. The van der Waals surface area contributed by atoms with Gasteiger partial charge in [0.15, 0.2) is 11.8 Å². The Morgan fingerprint density at radius 1 is 1.07 bits per heavy atom. The molecule has 2 bridgehead atoms. The number of hydrogen-bond acceptors (Lipinski definition) is 6. The molecule has 4 heterocycles. The van der Waals surface area contributed by atoms with E-state index in [1.54, 1.807) is 9.80 Å². The molecule has 1 saturated carbocycles. The molecule has 5 aliphatic rings. The van der Waals surface area contributed by atoms with Crippen molar-refractivity contribution in [2.24, 2.45) is 35.0 Å². The maximum Gasteiger partial charge on any atom is 0.240 e. The first-order valence-corrected chi connectivity index (χ1v) is 15.8. The molecule has 7 atom stereocenters. The average Bonchev–Trinajstić information content (AvgIpc) is 3.06. The van der Waals surface area contributed by atoms with Crippen LogP contribution in [-0.4, -0.2) is 70.3 Å². The SMILES string of the molecule is CC(C)CN(CC(=O)NC(C)(C)CC(C)(C)C)C(=O)CCN1C(=O)[C@H](C)C2CC[C@H](C)C3CCC4(C)OO[C@]32C1O4. The number of rotatable bonds is 9. The summed E-state index contributed by atoms with van der Waals surface area (Å²) in [7, 11) is 0. The summed E-state index contributed by atoms with van der Waals surface area (Å²) >= 11 is 0. The highest BCUT2D eigenvalue weighted by Gasteiger charge is 2.70. The van der Waals surface area contributed by atoms with Crippen LogP contribution in [0.15, 0.2) is 0 Å². The maximum absolute atomic E-state index is 13.8. The smallest absolute Gasteiger partial charge is 0.240 e. The molecule has 1 spiro atoms. The van der Waals surface area contributed by atoms with Gasteiger partial charge in [-0.15, -0.1) is 0 Å². The Kier molecular flexibility index (Phi) is 8.97. The van der Waals surface area contributed by atoms with Gasteiger partial charge < -0.3 is 19.9 Å². The lowest BCUT2D eigenvalue weighted by Crippen LogP contribution is -2.75. The van der Waals surface area contributed by atoms with Gasteiger partial charge in [0.05, 0.1) is 6.54 Å². The van der Waals surface area contributed by atoms with Crippen LogP contribution >= 0.6 is 0 Å². The quantitative estimate of drug-likeness (QED) is 0.392. The molecule has 4 unspecified atom stereocenters. The predicted octanol–water partition coefficient (Wildman–Crippen LogP) is 4.89. The number of amides is 3. The first-order chi connectivity index (χ1) is 18.9. The van der Waals surface area contributed by atoms with E-state index in [2.05, 4.69) is 33.0 Å². The minimum atomic E-state index is -0.928. The van der Waals surface area contributed by atoms with Crippen LogP contribution in [0.1, 0.15) is 108 Å². The number of nitrogens with zero attached hydrogens (tertiary/aromatic N) is 2. The number of piperidine rings is 1. The highest BCUT2D eigenvalue weighted by molar-refractivity contribution is 5.86. The summed E-state index contributed by atoms with van der Waals surface area (Å²) in [6.45, 7) is 21.4. The Hall–Kier alpha value is -1.71. The van der Waals surface area contributed by atoms with E-state index in [4.69, 9.17) is 14.5 Å². The van der Waals surface area contributed by atoms with Crippen molar-refractivity contribution in [2.75, 3.05) is 19.6 Å². The van der Waals surface area contributed by atoms with E-state index in [9.17, 15) is 14.4 Å². The minimum absolute atomic E-state index is 0.00330. The lowest BCUT2D eigenvalue weighted by Gasteiger charge is -2.61. The lowest BCUT2D eigenvalue weighted by molar-refractivity contribution is -0.547. The summed E-state index contributed by atoms with van der Waals surface area (Å²) in [6, 6.07) is 0. The topological polar surface area (TPSA) is 97.4 Å². The number of likely N-dealkylation sites (tertiary alicyclic amines) is 1. The summed E-state index contributed by atoms with van der Waals surface area (Å²) in [4.78, 5) is 56.2. The van der Waals surface area contributed by atoms with Crippen molar-refractivity contribution < 1.29 is 28.9 Å². The van der Waals surface area contributed by atoms with Gasteiger partial charge in [0.2, 0.25) is 23.5 Å². The number of ether oxygens (including phenoxy) is 1. The zero-order valence-electron chi connectivity index (χ0n) is 27.2. The first kappa shape index (κ1) is 32.2. The second kappa shape index (κ2) is 11.4. The Bertz CT molecular complexity index is 1010. The molecule has 234 valence electrons. The van der Waals surface area contributed by atoms with Crippen LogP contribution in [0.4, 0.5) is 0 Å². The third kappa shape index (κ3) is 6.62. The van der Waals surface area contributed by atoms with Crippen LogP contribution in [0.3, 0.4) is 0 Å². The number of nitrogens with one attached hydrogen (secondary N) is 1. The third-order valence-corrected chi connectivity index (χ3v) is 9.65. The van der Waals surface area contributed by atoms with Crippen molar-refractivity contribution in [3.05, 3.63) is 0 Å². The molecular weight excluding hydrogens is 522 g/mol. The molecule has 9 heteroatoms. The Labute approximate surface area is 247 Å². The van der Waals surface area contributed by atoms with Gasteiger partial charge in [-0.3, -0.25) is 14.4 Å². The van der Waals surface area contributed by atoms with Crippen molar-refractivity contribution in [1.29, 1.82) is 0 Å². The summed E-state index contributed by atoms with van der Waals surface area (Å²) in [5.41, 5.74) is -1.07. The summed E-state index contributed by atoms with van der Waals surface area (Å²) in [6.07, 6.45) is 3.89. The standard InChI is InChI=1S/C32H55N3O6/c1-20(2)17-34(18-25(36)33-30(8,9)19-29(5,6)7)26(37)14-16-35-27(38)22(4)24-12-11-21(3)23-13-15-31(10)39-28(35)32(23,24)41-40-31/h20-24,28H,11-19H2,1-10H3,(H,33,36)/t21-,22+,23?,24?,28?,31?,32+/m0/s1. The van der Waals surface area contributed by atoms with Crippen molar-refractivity contribution in [3.8, 4) is 0 Å². The van der Waals surface area contributed by atoms with Gasteiger partial charge >= 0.3 is 0 Å². The molecule has 0 aromatic carbocycles. The second-order valence-corrected chi connectivity index (χ2v) is 15.8. The number of fused-ring (bicyclic) bond motifs is 2. The van der Waals surface area contributed by atoms with E-state index in [0.717, 1.165) is 25.7 Å². The van der Waals surface area contributed by atoms with Crippen LogP contribution in [0, 0.1) is 35.0 Å². The largest absolute Gasteiger partial charge is 0.350 e. The van der Waals surface area contributed by atoms with Gasteiger partial charge in [-0.2, -0.15) is 0 Å². The molecule has 3 amide bonds. The molecule has 1 aliphatic carbocycles. The molecule has 9 nitrogen and oxygen atoms in total. The van der Waals surface area contributed by atoms with E-state index in [-0.39, 0.29) is 66.3 Å². The van der Waals surface area contributed by atoms with Crippen molar-refractivity contribution in [3.63, 3.8) is 0 Å². The van der Waals surface area contributed by atoms with Crippen LogP contribution in [0.2, 0.25) is 0 Å². The lowest BCUT2D eigenvalue weighted by atomic mass is 9.57. The summed E-state index contributed by atoms with van der Waals surface area (Å²) in [5.74, 6) is -0.651. The zero-order chi connectivity index (χ0) is 30.5. The van der Waals surface area contributed by atoms with E-state index >= 15 is 0 Å². The summed E-state index contributed by atoms with van der Waals surface area (Å²) < 4.78 is 6.59. The van der Waals surface area contributed by atoms with Gasteiger partial charge in [0.1, 0.15) is 0 Å². The molecule has 4 aliphatic heterocycles. The number of carbonyl (C=O) groups excluding carboxylic acids is 3. The van der Waals surface area contributed by atoms with Gasteiger partial charge in [0, 0.05) is 43.3 Å². The molecular formula is C32H55N3O6. The van der Waals surface area contributed by atoms with Gasteiger partial charge in [-0.05, 0) is 69.6 Å². The average molecular weight is 578 g/mol. The normalized spacial score (nSPS) is 35.2. The maximum atomic E-state index is 13.8. The number of hydrogen-bond donors (Lipinski definition) is 1. The monoisotopic (exact) mass is 577 g/mol. The highest BCUT2D eigenvalue weighted by Crippen LogP contribution is 2.60. The fourth-order valence-corrected chi connectivity index (χ4v) is 8.41. The molecule has 1 N–H and O–H groups in total. The predicted molar refractivity (Wildman–Crippen MR) is 156 cm³/mol. The Morgan fingerprint density at radius 3 is 2.39 bits per heavy atom. The fraction of sp³-hybridized carbons (Fsp3) is 0.906. The first-order valence-electron chi connectivity index (χ1n) is 15.8. The Balaban J connectivity index is 1.50. The molecule has 4 saturated heterocycles. The van der Waals surface area contributed by atoms with Gasteiger partial charge in [0.25, 0.3) is 0 Å². The van der Waals surface area contributed by atoms with E-state index in [0.29, 0.717) is 18.9 Å². The van der Waals surface area contributed by atoms with E-state index in [1.807, 2.05) is 41.5 Å². The van der Waals surface area contributed by atoms with Crippen LogP contribution in [0.5, 0.6) is 0 Å². The number of carbonyl (C=O) groups is 3. The molecule has 0 radical (unpaired) electrons. The molecule has 0 aromatic rings. The van der Waals surface area contributed by atoms with Gasteiger partial charge in [-0.1, -0.05) is 48.5 Å². The zero-order valence-corrected chi connectivity index (χ0v) is 27.2. The Morgan fingerprint density at radius 2 is 1.76 bits per heavy atom. The minimum Gasteiger partial charge on any atom is -0.350 e. The van der Waals surface area contributed by atoms with E-state index in [1.165, 1.54) is 0 Å². The molecule has 0 aromatic heterocycles. The van der Waals surface area contributed by atoms with Crippen molar-refractivity contribution in [2.45, 2.75) is 131 Å². The molecule has 41 heavy (non-hydrogen) atoms. The van der Waals surface area contributed by atoms with Crippen molar-refractivity contribution >= 4 is 17.7 Å². The third-order valence-electron chi connectivity index (χ3n) is 9.65. The van der Waals surface area contributed by atoms with Crippen LogP contribution in [-0.2, 0) is 28.9 Å².